The molecule has 6 heteroatoms. The standard InChI is InChI=1S/C21H24O.C19H22O.2CO2/c1-2-18-11-6-7-14-21(18)19-12-8-13-20(15-19)22-16-17-9-4-3-5-10-17;1-3-8-16(9-4-1)15-20-19-13-7-12-18(14-19)17-10-5-2-6-11-17;2*2-1-3/h3-5,8-10,12-13,15H,2,6-7,11,14,16H2,1H3;1,3-4,7-9,12-14,17H,2,5-6,10-11,15H2;;. The number of hydrogen-bond donors (Lipinski definition) is 0. The van der Waals surface area contributed by atoms with Gasteiger partial charge in [0.2, 0.25) is 0 Å². The topological polar surface area (TPSA) is 86.7 Å². The molecule has 0 N–H and O–H groups in total. The predicted molar refractivity (Wildman–Crippen MR) is 186 cm³/mol. The summed E-state index contributed by atoms with van der Waals surface area (Å²) < 4.78 is 11.9. The SMILES string of the molecule is CCC1=C(c2cccc(OCc3ccccc3)c2)CCCC1.O=C=O.O=C=O.c1ccc(COc2cccc(C3CCCCC3)c2)cc1. The van der Waals surface area contributed by atoms with Gasteiger partial charge in [-0.05, 0) is 103 Å². The highest BCUT2D eigenvalue weighted by atomic mass is 16.5. The summed E-state index contributed by atoms with van der Waals surface area (Å²) in [4.78, 5) is 32.5. The lowest BCUT2D eigenvalue weighted by molar-refractivity contribution is -0.193. The van der Waals surface area contributed by atoms with E-state index in [0.29, 0.717) is 13.2 Å². The Bertz CT molecular complexity index is 1560. The average molecular weight is 647 g/mol. The molecule has 6 nitrogen and oxygen atoms in total. The van der Waals surface area contributed by atoms with Crippen molar-refractivity contribution in [3.8, 4) is 11.5 Å². The smallest absolute Gasteiger partial charge is 0.373 e. The van der Waals surface area contributed by atoms with Crippen molar-refractivity contribution in [3.05, 3.63) is 137 Å². The van der Waals surface area contributed by atoms with Crippen molar-refractivity contribution in [2.45, 2.75) is 90.3 Å². The van der Waals surface area contributed by atoms with Crippen LogP contribution in [0.3, 0.4) is 0 Å². The van der Waals surface area contributed by atoms with Crippen LogP contribution in [-0.2, 0) is 32.4 Å². The number of carbonyl (C=O) groups excluding carboxylic acids is 4. The van der Waals surface area contributed by atoms with E-state index in [0.717, 1.165) is 17.4 Å². The van der Waals surface area contributed by atoms with Crippen molar-refractivity contribution in [3.63, 3.8) is 0 Å². The maximum absolute atomic E-state index is 8.12. The molecule has 0 radical (unpaired) electrons. The molecule has 0 aliphatic heterocycles. The quantitative estimate of drug-likeness (QED) is 0.180. The van der Waals surface area contributed by atoms with E-state index in [1.54, 1.807) is 11.1 Å². The van der Waals surface area contributed by atoms with Gasteiger partial charge < -0.3 is 9.47 Å². The molecule has 2 aliphatic rings. The maximum Gasteiger partial charge on any atom is 0.373 e. The first-order valence-corrected chi connectivity index (χ1v) is 16.8. The molecule has 0 amide bonds. The average Bonchev–Trinajstić information content (AvgIpc) is 3.15. The third kappa shape index (κ3) is 13.4. The lowest BCUT2D eigenvalue weighted by Crippen LogP contribution is -2.04. The van der Waals surface area contributed by atoms with Gasteiger partial charge >= 0.3 is 12.3 Å². The van der Waals surface area contributed by atoms with Gasteiger partial charge in [-0.25, -0.2) is 0 Å². The number of allylic oxidation sites excluding steroid dienone is 2. The fourth-order valence-corrected chi connectivity index (χ4v) is 6.26. The van der Waals surface area contributed by atoms with Crippen LogP contribution in [0.1, 0.15) is 99.3 Å². The molecule has 1 saturated carbocycles. The predicted octanol–water partition coefficient (Wildman–Crippen LogP) is 10.1. The Morgan fingerprint density at radius 1 is 0.583 bits per heavy atom. The van der Waals surface area contributed by atoms with Crippen LogP contribution in [0.4, 0.5) is 0 Å². The van der Waals surface area contributed by atoms with E-state index in [9.17, 15) is 0 Å². The van der Waals surface area contributed by atoms with Crippen LogP contribution < -0.4 is 9.47 Å². The Morgan fingerprint density at radius 2 is 1.10 bits per heavy atom. The van der Waals surface area contributed by atoms with Gasteiger partial charge in [0.05, 0.1) is 0 Å². The second-order valence-corrected chi connectivity index (χ2v) is 11.8. The number of hydrogen-bond acceptors (Lipinski definition) is 6. The lowest BCUT2D eigenvalue weighted by atomic mass is 9.84. The van der Waals surface area contributed by atoms with Crippen molar-refractivity contribution >= 4 is 17.9 Å². The molecule has 0 spiro atoms. The normalized spacial score (nSPS) is 13.9. The number of ether oxygens (including phenoxy) is 2. The summed E-state index contributed by atoms with van der Waals surface area (Å²) in [7, 11) is 0. The first kappa shape index (κ1) is 37.4. The third-order valence-electron chi connectivity index (χ3n) is 8.62. The molecular formula is C42H46O6. The highest BCUT2D eigenvalue weighted by molar-refractivity contribution is 5.70. The monoisotopic (exact) mass is 646 g/mol. The third-order valence-corrected chi connectivity index (χ3v) is 8.62. The summed E-state index contributed by atoms with van der Waals surface area (Å²) in [6.07, 6.45) is 13.6. The summed E-state index contributed by atoms with van der Waals surface area (Å²) in [6.45, 7) is 3.55. The van der Waals surface area contributed by atoms with Gasteiger partial charge in [-0.15, -0.1) is 0 Å². The molecule has 0 unspecified atom stereocenters. The summed E-state index contributed by atoms with van der Waals surface area (Å²) in [5.41, 5.74) is 8.41. The summed E-state index contributed by atoms with van der Waals surface area (Å²) >= 11 is 0. The maximum atomic E-state index is 8.12. The van der Waals surface area contributed by atoms with Crippen molar-refractivity contribution in [1.29, 1.82) is 0 Å². The van der Waals surface area contributed by atoms with Gasteiger partial charge in [-0.2, -0.15) is 19.2 Å². The Labute approximate surface area is 284 Å². The van der Waals surface area contributed by atoms with E-state index < -0.39 is 0 Å². The van der Waals surface area contributed by atoms with E-state index in [2.05, 4.69) is 104 Å². The van der Waals surface area contributed by atoms with E-state index in [-0.39, 0.29) is 12.3 Å². The van der Waals surface area contributed by atoms with Crippen LogP contribution in [0.15, 0.2) is 115 Å². The van der Waals surface area contributed by atoms with Gasteiger partial charge in [0, 0.05) is 0 Å². The van der Waals surface area contributed by atoms with Crippen LogP contribution >= 0.6 is 0 Å². The fraction of sp³-hybridized carbons (Fsp3) is 0.333. The van der Waals surface area contributed by atoms with E-state index in [1.165, 1.54) is 86.5 Å². The van der Waals surface area contributed by atoms with E-state index >= 15 is 0 Å². The molecule has 4 aromatic rings. The molecule has 4 aromatic carbocycles. The van der Waals surface area contributed by atoms with Gasteiger partial charge in [0.15, 0.2) is 0 Å². The van der Waals surface area contributed by atoms with Crippen LogP contribution in [0.25, 0.3) is 5.57 Å². The highest BCUT2D eigenvalue weighted by Gasteiger charge is 2.16. The molecule has 250 valence electrons. The van der Waals surface area contributed by atoms with Crippen LogP contribution in [0.5, 0.6) is 11.5 Å². The van der Waals surface area contributed by atoms with Crippen LogP contribution in [0, 0.1) is 0 Å². The number of rotatable bonds is 9. The first-order chi connectivity index (χ1) is 23.6. The number of benzene rings is 4. The zero-order valence-corrected chi connectivity index (χ0v) is 27.9. The molecular weight excluding hydrogens is 600 g/mol. The molecule has 0 bridgehead atoms. The van der Waals surface area contributed by atoms with Gasteiger partial charge in [-0.3, -0.25) is 0 Å². The molecule has 0 atom stereocenters. The van der Waals surface area contributed by atoms with Gasteiger partial charge in [-0.1, -0.05) is 117 Å². The van der Waals surface area contributed by atoms with Crippen LogP contribution in [0.2, 0.25) is 0 Å². The van der Waals surface area contributed by atoms with Gasteiger partial charge in [0.1, 0.15) is 24.7 Å². The summed E-state index contributed by atoms with van der Waals surface area (Å²) in [5, 5.41) is 0. The van der Waals surface area contributed by atoms with Gasteiger partial charge in [0.25, 0.3) is 0 Å². The molecule has 0 saturated heterocycles. The molecule has 48 heavy (non-hydrogen) atoms. The Hall–Kier alpha value is -5.02. The lowest BCUT2D eigenvalue weighted by Gasteiger charge is -2.22. The summed E-state index contributed by atoms with van der Waals surface area (Å²) in [5.74, 6) is 2.70. The van der Waals surface area contributed by atoms with Crippen molar-refractivity contribution in [1.82, 2.24) is 0 Å². The zero-order valence-electron chi connectivity index (χ0n) is 27.9. The Kier molecular flexibility index (Phi) is 17.5. The van der Waals surface area contributed by atoms with Crippen molar-refractivity contribution in [2.75, 3.05) is 0 Å². The molecule has 1 fully saturated rings. The first-order valence-electron chi connectivity index (χ1n) is 16.8. The van der Waals surface area contributed by atoms with Crippen LogP contribution in [-0.4, -0.2) is 12.3 Å². The van der Waals surface area contributed by atoms with Crippen molar-refractivity contribution < 1.29 is 28.7 Å². The Morgan fingerprint density at radius 3 is 1.67 bits per heavy atom. The van der Waals surface area contributed by atoms with E-state index in [1.807, 2.05) is 12.1 Å². The fourth-order valence-electron chi connectivity index (χ4n) is 6.26. The minimum atomic E-state index is 0.250. The minimum absolute atomic E-state index is 0.250. The molecule has 6 rings (SSSR count). The molecule has 0 heterocycles. The minimum Gasteiger partial charge on any atom is -0.489 e. The largest absolute Gasteiger partial charge is 0.489 e. The highest BCUT2D eigenvalue weighted by Crippen LogP contribution is 2.35. The van der Waals surface area contributed by atoms with E-state index in [4.69, 9.17) is 28.7 Å². The second kappa shape index (κ2) is 22.5. The second-order valence-electron chi connectivity index (χ2n) is 11.8. The van der Waals surface area contributed by atoms with Crippen molar-refractivity contribution in [2.24, 2.45) is 0 Å². The Balaban J connectivity index is 0.000000225. The molecule has 0 aromatic heterocycles. The zero-order chi connectivity index (χ0) is 34.2. The molecule has 2 aliphatic carbocycles. The summed E-state index contributed by atoms with van der Waals surface area (Å²) in [6, 6.07) is 38.0.